The maximum absolute atomic E-state index is 9.70. The van der Waals surface area contributed by atoms with Crippen molar-refractivity contribution in [1.82, 2.24) is 4.98 Å². The first-order valence-electron chi connectivity index (χ1n) is 7.15. The normalized spacial score (nSPS) is 10.8. The predicted octanol–water partition coefficient (Wildman–Crippen LogP) is 3.89. The van der Waals surface area contributed by atoms with Crippen LogP contribution in [0.2, 0.25) is 0 Å². The molecule has 1 heterocycles. The summed E-state index contributed by atoms with van der Waals surface area (Å²) in [5, 5.41) is 10.8. The first kappa shape index (κ1) is 13.6. The highest BCUT2D eigenvalue weighted by Gasteiger charge is 2.14. The van der Waals surface area contributed by atoms with E-state index in [-0.39, 0.29) is 6.61 Å². The predicted molar refractivity (Wildman–Crippen MR) is 86.8 cm³/mol. The van der Waals surface area contributed by atoms with Crippen LogP contribution >= 0.6 is 0 Å². The highest BCUT2D eigenvalue weighted by molar-refractivity contribution is 5.82. The summed E-state index contributed by atoms with van der Waals surface area (Å²) in [6, 6.07) is 20.1. The number of nitrogens with zero attached hydrogens (tertiary/aromatic N) is 2. The summed E-state index contributed by atoms with van der Waals surface area (Å²) in [6.07, 6.45) is 0. The summed E-state index contributed by atoms with van der Waals surface area (Å²) in [5.74, 6) is 0.824. The van der Waals surface area contributed by atoms with Gasteiger partial charge in [-0.15, -0.1) is 0 Å². The molecule has 0 fully saturated rings. The molecule has 0 bridgehead atoms. The van der Waals surface area contributed by atoms with Gasteiger partial charge in [-0.3, -0.25) is 0 Å². The lowest BCUT2D eigenvalue weighted by molar-refractivity contribution is 0.282. The number of aliphatic hydroxyl groups is 1. The lowest BCUT2D eigenvalue weighted by Gasteiger charge is -2.24. The monoisotopic (exact) mass is 278 g/mol. The second kappa shape index (κ2) is 5.94. The Morgan fingerprint density at radius 3 is 2.43 bits per heavy atom. The Morgan fingerprint density at radius 1 is 1.00 bits per heavy atom. The van der Waals surface area contributed by atoms with Crippen molar-refractivity contribution < 1.29 is 5.11 Å². The maximum Gasteiger partial charge on any atom is 0.139 e. The molecule has 3 nitrogen and oxygen atoms in total. The number of hydrogen-bond acceptors (Lipinski definition) is 3. The Balaban J connectivity index is 2.17. The third-order valence-corrected chi connectivity index (χ3v) is 3.59. The van der Waals surface area contributed by atoms with Crippen LogP contribution in [0.5, 0.6) is 0 Å². The molecule has 0 aliphatic carbocycles. The number of anilines is 2. The molecule has 0 radical (unpaired) electrons. The van der Waals surface area contributed by atoms with E-state index >= 15 is 0 Å². The van der Waals surface area contributed by atoms with Crippen molar-refractivity contribution in [2.45, 2.75) is 13.5 Å². The van der Waals surface area contributed by atoms with Crippen LogP contribution in [0.15, 0.2) is 60.7 Å². The third-order valence-electron chi connectivity index (χ3n) is 3.59. The number of para-hydroxylation sites is 2. The summed E-state index contributed by atoms with van der Waals surface area (Å²) in [7, 11) is 0. The van der Waals surface area contributed by atoms with Gasteiger partial charge in [0.25, 0.3) is 0 Å². The fraction of sp³-hybridized carbons (Fsp3) is 0.167. The van der Waals surface area contributed by atoms with E-state index in [9.17, 15) is 5.11 Å². The molecular weight excluding hydrogens is 260 g/mol. The summed E-state index contributed by atoms with van der Waals surface area (Å²) in [5.41, 5.74) is 2.87. The van der Waals surface area contributed by atoms with Gasteiger partial charge in [0.15, 0.2) is 0 Å². The van der Waals surface area contributed by atoms with Gasteiger partial charge in [0.1, 0.15) is 5.82 Å². The molecule has 1 aromatic heterocycles. The Kier molecular flexibility index (Phi) is 3.84. The zero-order chi connectivity index (χ0) is 14.7. The standard InChI is InChI=1S/C18H18N2O/c1-2-20(16-9-4-3-5-10-16)18-15(13-21)12-14-8-6-7-11-17(14)19-18/h3-12,21H,2,13H2,1H3. The van der Waals surface area contributed by atoms with E-state index in [0.29, 0.717) is 0 Å². The lowest BCUT2D eigenvalue weighted by atomic mass is 10.1. The van der Waals surface area contributed by atoms with E-state index in [0.717, 1.165) is 34.5 Å². The average Bonchev–Trinajstić information content (AvgIpc) is 2.56. The molecule has 2 aromatic carbocycles. The molecule has 3 aromatic rings. The highest BCUT2D eigenvalue weighted by Crippen LogP contribution is 2.29. The molecule has 0 atom stereocenters. The van der Waals surface area contributed by atoms with Gasteiger partial charge in [0.2, 0.25) is 0 Å². The summed E-state index contributed by atoms with van der Waals surface area (Å²) in [6.45, 7) is 2.86. The van der Waals surface area contributed by atoms with Crippen LogP contribution < -0.4 is 4.90 Å². The molecule has 0 aliphatic rings. The molecule has 106 valence electrons. The molecule has 1 N–H and O–H groups in total. The van der Waals surface area contributed by atoms with E-state index < -0.39 is 0 Å². The molecule has 0 saturated carbocycles. The van der Waals surface area contributed by atoms with Gasteiger partial charge >= 0.3 is 0 Å². The topological polar surface area (TPSA) is 36.4 Å². The number of pyridine rings is 1. The number of aliphatic hydroxyl groups excluding tert-OH is 1. The van der Waals surface area contributed by atoms with E-state index in [2.05, 4.69) is 24.0 Å². The molecule has 0 spiro atoms. The van der Waals surface area contributed by atoms with Crippen molar-refractivity contribution in [3.05, 3.63) is 66.2 Å². The molecule has 0 aliphatic heterocycles. The van der Waals surface area contributed by atoms with Crippen LogP contribution in [0.4, 0.5) is 11.5 Å². The number of hydrogen-bond donors (Lipinski definition) is 1. The zero-order valence-electron chi connectivity index (χ0n) is 12.0. The van der Waals surface area contributed by atoms with Gasteiger partial charge in [-0.1, -0.05) is 36.4 Å². The minimum atomic E-state index is -0.0174. The Morgan fingerprint density at radius 2 is 1.71 bits per heavy atom. The molecule has 21 heavy (non-hydrogen) atoms. The third kappa shape index (κ3) is 2.60. The number of benzene rings is 2. The lowest BCUT2D eigenvalue weighted by Crippen LogP contribution is -2.19. The maximum atomic E-state index is 9.70. The number of fused-ring (bicyclic) bond motifs is 1. The highest BCUT2D eigenvalue weighted by atomic mass is 16.3. The van der Waals surface area contributed by atoms with Gasteiger partial charge in [-0.05, 0) is 31.2 Å². The van der Waals surface area contributed by atoms with Gasteiger partial charge in [0, 0.05) is 23.2 Å². The second-order valence-electron chi connectivity index (χ2n) is 4.90. The molecule has 0 saturated heterocycles. The van der Waals surface area contributed by atoms with E-state index in [1.807, 2.05) is 48.5 Å². The van der Waals surface area contributed by atoms with Gasteiger partial charge in [-0.2, -0.15) is 0 Å². The van der Waals surface area contributed by atoms with Crippen molar-refractivity contribution in [1.29, 1.82) is 0 Å². The van der Waals surface area contributed by atoms with Crippen LogP contribution in [-0.4, -0.2) is 16.6 Å². The largest absolute Gasteiger partial charge is 0.392 e. The fourth-order valence-corrected chi connectivity index (χ4v) is 2.56. The number of aromatic nitrogens is 1. The van der Waals surface area contributed by atoms with Crippen molar-refractivity contribution in [2.24, 2.45) is 0 Å². The molecular formula is C18H18N2O. The van der Waals surface area contributed by atoms with Crippen molar-refractivity contribution in [3.8, 4) is 0 Å². The first-order chi connectivity index (χ1) is 10.3. The Hall–Kier alpha value is -2.39. The minimum Gasteiger partial charge on any atom is -0.392 e. The van der Waals surface area contributed by atoms with Crippen LogP contribution in [-0.2, 0) is 6.61 Å². The van der Waals surface area contributed by atoms with Gasteiger partial charge in [-0.25, -0.2) is 4.98 Å². The molecule has 0 unspecified atom stereocenters. The van der Waals surface area contributed by atoms with Crippen molar-refractivity contribution >= 4 is 22.4 Å². The minimum absolute atomic E-state index is 0.0174. The first-order valence-corrected chi connectivity index (χ1v) is 7.15. The Bertz CT molecular complexity index is 741. The van der Waals surface area contributed by atoms with Crippen molar-refractivity contribution in [3.63, 3.8) is 0 Å². The van der Waals surface area contributed by atoms with Crippen LogP contribution in [0.25, 0.3) is 10.9 Å². The summed E-state index contributed by atoms with van der Waals surface area (Å²) in [4.78, 5) is 6.88. The van der Waals surface area contributed by atoms with Gasteiger partial charge in [0.05, 0.1) is 12.1 Å². The van der Waals surface area contributed by atoms with Crippen molar-refractivity contribution in [2.75, 3.05) is 11.4 Å². The van der Waals surface area contributed by atoms with E-state index in [1.54, 1.807) is 0 Å². The van der Waals surface area contributed by atoms with Crippen LogP contribution in [0.3, 0.4) is 0 Å². The SMILES string of the molecule is CCN(c1ccccc1)c1nc2ccccc2cc1CO. The van der Waals surface area contributed by atoms with Crippen LogP contribution in [0.1, 0.15) is 12.5 Å². The Labute approximate surface area is 124 Å². The van der Waals surface area contributed by atoms with E-state index in [1.165, 1.54) is 0 Å². The molecule has 0 amide bonds. The number of rotatable bonds is 4. The summed E-state index contributed by atoms with van der Waals surface area (Å²) >= 11 is 0. The second-order valence-corrected chi connectivity index (χ2v) is 4.90. The molecule has 3 rings (SSSR count). The fourth-order valence-electron chi connectivity index (χ4n) is 2.56. The van der Waals surface area contributed by atoms with Crippen LogP contribution in [0, 0.1) is 0 Å². The smallest absolute Gasteiger partial charge is 0.139 e. The average molecular weight is 278 g/mol. The quantitative estimate of drug-likeness (QED) is 0.786. The van der Waals surface area contributed by atoms with Gasteiger partial charge < -0.3 is 10.0 Å². The van der Waals surface area contributed by atoms with E-state index in [4.69, 9.17) is 4.98 Å². The molecule has 3 heteroatoms. The summed E-state index contributed by atoms with van der Waals surface area (Å²) < 4.78 is 0. The zero-order valence-corrected chi connectivity index (χ0v) is 12.0.